The number of carbonyl (C=O) groups excluding carboxylic acids is 1. The molecule has 0 bridgehead atoms. The van der Waals surface area contributed by atoms with Gasteiger partial charge in [-0.15, -0.1) is 0 Å². The van der Waals surface area contributed by atoms with Crippen molar-refractivity contribution in [3.8, 4) is 0 Å². The highest BCUT2D eigenvalue weighted by Gasteiger charge is 2.37. The summed E-state index contributed by atoms with van der Waals surface area (Å²) >= 11 is 0. The molecule has 0 N–H and O–H groups in total. The molecule has 0 spiro atoms. The monoisotopic (exact) mass is 156 g/mol. The molecule has 1 saturated heterocycles. The molecule has 3 heteroatoms. The lowest BCUT2D eigenvalue weighted by molar-refractivity contribution is 0.200. The summed E-state index contributed by atoms with van der Waals surface area (Å²) < 4.78 is 0. The third-order valence-corrected chi connectivity index (χ3v) is 2.69. The normalized spacial score (nSPS) is 31.8. The van der Waals surface area contributed by atoms with E-state index in [0.717, 1.165) is 6.42 Å². The maximum Gasteiger partial charge on any atom is 0.320 e. The minimum Gasteiger partial charge on any atom is -0.323 e. The van der Waals surface area contributed by atoms with Crippen LogP contribution in [0.2, 0.25) is 0 Å². The lowest BCUT2D eigenvalue weighted by atomic mass is 10.1. The van der Waals surface area contributed by atoms with Crippen molar-refractivity contribution >= 4 is 6.03 Å². The molecule has 0 aromatic heterocycles. The zero-order valence-corrected chi connectivity index (χ0v) is 7.66. The third kappa shape index (κ3) is 1.08. The highest BCUT2D eigenvalue weighted by Crippen LogP contribution is 2.21. The average Bonchev–Trinajstić information content (AvgIpc) is 2.17. The van der Waals surface area contributed by atoms with Gasteiger partial charge in [-0.05, 0) is 13.3 Å². The van der Waals surface area contributed by atoms with E-state index < -0.39 is 0 Å². The molecule has 1 heterocycles. The van der Waals surface area contributed by atoms with Crippen LogP contribution in [0.4, 0.5) is 4.79 Å². The summed E-state index contributed by atoms with van der Waals surface area (Å²) in [6.45, 7) is 4.21. The molecule has 64 valence electrons. The Kier molecular flexibility index (Phi) is 2.07. The molecule has 0 aromatic rings. The summed E-state index contributed by atoms with van der Waals surface area (Å²) in [5.74, 6) is 0. The SMILES string of the molecule is CCC1C(C)N(C)C(=O)N1C. The van der Waals surface area contributed by atoms with Crippen LogP contribution in [0, 0.1) is 0 Å². The van der Waals surface area contributed by atoms with Crippen molar-refractivity contribution < 1.29 is 4.79 Å². The standard InChI is InChI=1S/C8H16N2O/c1-5-7-6(2)9(3)8(11)10(7)4/h6-7H,5H2,1-4H3. The molecule has 1 aliphatic heterocycles. The van der Waals surface area contributed by atoms with Crippen molar-refractivity contribution in [2.75, 3.05) is 14.1 Å². The lowest BCUT2D eigenvalue weighted by Gasteiger charge is -2.19. The molecule has 11 heavy (non-hydrogen) atoms. The summed E-state index contributed by atoms with van der Waals surface area (Å²) in [5, 5.41) is 0. The summed E-state index contributed by atoms with van der Waals surface area (Å²) in [5.41, 5.74) is 0. The van der Waals surface area contributed by atoms with Crippen molar-refractivity contribution in [3.05, 3.63) is 0 Å². The molecule has 3 nitrogen and oxygen atoms in total. The molecule has 2 unspecified atom stereocenters. The number of amides is 2. The van der Waals surface area contributed by atoms with Crippen LogP contribution in [0.1, 0.15) is 20.3 Å². The Morgan fingerprint density at radius 1 is 1.36 bits per heavy atom. The van der Waals surface area contributed by atoms with Crippen LogP contribution < -0.4 is 0 Å². The minimum absolute atomic E-state index is 0.143. The second-order valence-corrected chi connectivity index (χ2v) is 3.22. The van der Waals surface area contributed by atoms with Crippen LogP contribution in [-0.4, -0.2) is 42.0 Å². The molecule has 0 radical (unpaired) electrons. The van der Waals surface area contributed by atoms with Gasteiger partial charge in [0.05, 0.1) is 12.1 Å². The third-order valence-electron chi connectivity index (χ3n) is 2.69. The number of nitrogens with zero attached hydrogens (tertiary/aromatic N) is 2. The van der Waals surface area contributed by atoms with E-state index >= 15 is 0 Å². The molecule has 2 atom stereocenters. The maximum absolute atomic E-state index is 11.3. The van der Waals surface area contributed by atoms with E-state index in [1.807, 2.05) is 19.0 Å². The fourth-order valence-corrected chi connectivity index (χ4v) is 1.76. The fraction of sp³-hybridized carbons (Fsp3) is 0.875. The number of hydrogen-bond donors (Lipinski definition) is 0. The Hall–Kier alpha value is -0.730. The Morgan fingerprint density at radius 3 is 2.09 bits per heavy atom. The average molecular weight is 156 g/mol. The number of carbonyl (C=O) groups is 1. The highest BCUT2D eigenvalue weighted by atomic mass is 16.2. The van der Waals surface area contributed by atoms with Gasteiger partial charge in [-0.1, -0.05) is 6.92 Å². The summed E-state index contributed by atoms with van der Waals surface area (Å²) in [4.78, 5) is 15.0. The van der Waals surface area contributed by atoms with Gasteiger partial charge in [-0.3, -0.25) is 0 Å². The number of rotatable bonds is 1. The van der Waals surface area contributed by atoms with Gasteiger partial charge in [0.1, 0.15) is 0 Å². The zero-order chi connectivity index (χ0) is 8.59. The van der Waals surface area contributed by atoms with E-state index in [1.54, 1.807) is 4.90 Å². The topological polar surface area (TPSA) is 23.6 Å². The first-order chi connectivity index (χ1) is 5.09. The maximum atomic E-state index is 11.3. The quantitative estimate of drug-likeness (QED) is 0.558. The van der Waals surface area contributed by atoms with Crippen LogP contribution in [0.5, 0.6) is 0 Å². The van der Waals surface area contributed by atoms with Crippen LogP contribution >= 0.6 is 0 Å². The summed E-state index contributed by atoms with van der Waals surface area (Å²) in [6, 6.07) is 0.898. The predicted molar refractivity (Wildman–Crippen MR) is 44.5 cm³/mol. The van der Waals surface area contributed by atoms with E-state index in [9.17, 15) is 4.79 Å². The Bertz CT molecular complexity index is 169. The van der Waals surface area contributed by atoms with Gasteiger partial charge in [0.25, 0.3) is 0 Å². The highest BCUT2D eigenvalue weighted by molar-refractivity contribution is 5.77. The van der Waals surface area contributed by atoms with Gasteiger partial charge in [0, 0.05) is 14.1 Å². The Morgan fingerprint density at radius 2 is 1.91 bits per heavy atom. The molecule has 1 rings (SSSR count). The van der Waals surface area contributed by atoms with Crippen molar-refractivity contribution in [2.45, 2.75) is 32.4 Å². The summed E-state index contributed by atoms with van der Waals surface area (Å²) in [6.07, 6.45) is 1.04. The van der Waals surface area contributed by atoms with Crippen LogP contribution in [0.25, 0.3) is 0 Å². The molecule has 1 fully saturated rings. The molecule has 2 amide bonds. The number of likely N-dealkylation sites (N-methyl/N-ethyl adjacent to an activating group) is 2. The molecular formula is C8H16N2O. The molecule has 0 aliphatic carbocycles. The van der Waals surface area contributed by atoms with Crippen molar-refractivity contribution in [2.24, 2.45) is 0 Å². The van der Waals surface area contributed by atoms with Crippen LogP contribution in [0.3, 0.4) is 0 Å². The van der Waals surface area contributed by atoms with Gasteiger partial charge >= 0.3 is 6.03 Å². The van der Waals surface area contributed by atoms with Crippen LogP contribution in [-0.2, 0) is 0 Å². The van der Waals surface area contributed by atoms with E-state index in [-0.39, 0.29) is 6.03 Å². The predicted octanol–water partition coefficient (Wildman–Crippen LogP) is 1.15. The number of urea groups is 1. The Balaban J connectivity index is 2.77. The number of hydrogen-bond acceptors (Lipinski definition) is 1. The van der Waals surface area contributed by atoms with Crippen molar-refractivity contribution in [1.29, 1.82) is 0 Å². The van der Waals surface area contributed by atoms with Crippen molar-refractivity contribution in [1.82, 2.24) is 9.80 Å². The first kappa shape index (κ1) is 8.37. The Labute approximate surface area is 68.0 Å². The smallest absolute Gasteiger partial charge is 0.320 e. The molecule has 0 aromatic carbocycles. The largest absolute Gasteiger partial charge is 0.323 e. The first-order valence-electron chi connectivity index (χ1n) is 4.09. The van der Waals surface area contributed by atoms with E-state index in [2.05, 4.69) is 13.8 Å². The van der Waals surface area contributed by atoms with Gasteiger partial charge in [0.15, 0.2) is 0 Å². The van der Waals surface area contributed by atoms with Crippen molar-refractivity contribution in [3.63, 3.8) is 0 Å². The van der Waals surface area contributed by atoms with Gasteiger partial charge in [-0.2, -0.15) is 0 Å². The van der Waals surface area contributed by atoms with Gasteiger partial charge in [-0.25, -0.2) is 4.79 Å². The van der Waals surface area contributed by atoms with Gasteiger partial charge < -0.3 is 9.80 Å². The van der Waals surface area contributed by atoms with Gasteiger partial charge in [0.2, 0.25) is 0 Å². The van der Waals surface area contributed by atoms with Crippen LogP contribution in [0.15, 0.2) is 0 Å². The van der Waals surface area contributed by atoms with E-state index in [4.69, 9.17) is 0 Å². The first-order valence-corrected chi connectivity index (χ1v) is 4.09. The molecule has 1 aliphatic rings. The second-order valence-electron chi connectivity index (χ2n) is 3.22. The minimum atomic E-state index is 0.143. The second kappa shape index (κ2) is 2.72. The summed E-state index contributed by atoms with van der Waals surface area (Å²) in [7, 11) is 3.73. The van der Waals surface area contributed by atoms with E-state index in [0.29, 0.717) is 12.1 Å². The molecule has 0 saturated carbocycles. The van der Waals surface area contributed by atoms with E-state index in [1.165, 1.54) is 0 Å². The lowest BCUT2D eigenvalue weighted by Crippen LogP contribution is -2.31. The zero-order valence-electron chi connectivity index (χ0n) is 7.66. The molecular weight excluding hydrogens is 140 g/mol. The fourth-order valence-electron chi connectivity index (χ4n) is 1.76.